The molecule has 0 saturated heterocycles. The lowest BCUT2D eigenvalue weighted by Crippen LogP contribution is -1.96. The zero-order chi connectivity index (χ0) is 20.9. The summed E-state index contributed by atoms with van der Waals surface area (Å²) in [5, 5.41) is 30.6. The molecule has 2 heteroatoms. The van der Waals surface area contributed by atoms with Crippen LogP contribution < -0.4 is 0 Å². The van der Waals surface area contributed by atoms with E-state index in [1.165, 1.54) is 0 Å². The van der Waals surface area contributed by atoms with E-state index >= 15 is 0 Å². The van der Waals surface area contributed by atoms with Gasteiger partial charge in [-0.2, -0.15) is 0 Å². The van der Waals surface area contributed by atoms with Gasteiger partial charge in [0.05, 0.1) is 0 Å². The van der Waals surface area contributed by atoms with Crippen molar-refractivity contribution in [2.45, 2.75) is 6.42 Å². The lowest BCUT2D eigenvalue weighted by atomic mass is 9.88. The number of hydrogen-bond donors (Lipinski definition) is 2. The van der Waals surface area contributed by atoms with Gasteiger partial charge in [0, 0.05) is 28.3 Å². The minimum absolute atomic E-state index is 0.283. The van der Waals surface area contributed by atoms with Gasteiger partial charge in [0.25, 0.3) is 0 Å². The standard InChI is InChI=1S/C29H20O2/c30-28-24-15-7-5-11-20(24)18-9-1-3-13-22(18)26(28)17-27-23-14-4-2-10-19(23)21-12-6-8-16-25(21)29(27)31/h1-16,30-31H,17H2. The molecule has 0 aromatic heterocycles. The summed E-state index contributed by atoms with van der Waals surface area (Å²) in [6, 6.07) is 32.2. The van der Waals surface area contributed by atoms with Crippen LogP contribution in [0.3, 0.4) is 0 Å². The maximum Gasteiger partial charge on any atom is 0.127 e. The van der Waals surface area contributed by atoms with Crippen LogP contribution in [0.25, 0.3) is 43.1 Å². The molecule has 6 aromatic carbocycles. The highest BCUT2D eigenvalue weighted by Gasteiger charge is 2.19. The molecule has 0 spiro atoms. The quantitative estimate of drug-likeness (QED) is 0.299. The number of rotatable bonds is 2. The Bertz CT molecular complexity index is 1510. The minimum atomic E-state index is 0.283. The van der Waals surface area contributed by atoms with E-state index < -0.39 is 0 Å². The summed E-state index contributed by atoms with van der Waals surface area (Å²) >= 11 is 0. The highest BCUT2D eigenvalue weighted by Crippen LogP contribution is 2.43. The molecule has 6 rings (SSSR count). The molecule has 0 amide bonds. The third-order valence-corrected chi connectivity index (χ3v) is 6.37. The summed E-state index contributed by atoms with van der Waals surface area (Å²) in [4.78, 5) is 0. The van der Waals surface area contributed by atoms with Crippen molar-refractivity contribution in [2.24, 2.45) is 0 Å². The smallest absolute Gasteiger partial charge is 0.127 e. The summed E-state index contributed by atoms with van der Waals surface area (Å²) in [6.45, 7) is 0. The van der Waals surface area contributed by atoms with Gasteiger partial charge in [-0.1, -0.05) is 97.1 Å². The first-order valence-electron chi connectivity index (χ1n) is 10.5. The lowest BCUT2D eigenvalue weighted by Gasteiger charge is -2.17. The SMILES string of the molecule is Oc1c(Cc2c(O)c3ccccc3c3ccccc23)c2ccccc2c2ccccc12. The number of benzene rings is 6. The van der Waals surface area contributed by atoms with E-state index in [9.17, 15) is 10.2 Å². The van der Waals surface area contributed by atoms with Crippen molar-refractivity contribution in [2.75, 3.05) is 0 Å². The maximum absolute atomic E-state index is 11.3. The molecular weight excluding hydrogens is 380 g/mol. The second-order valence-corrected chi connectivity index (χ2v) is 8.01. The minimum Gasteiger partial charge on any atom is -0.507 e. The predicted octanol–water partition coefficient (Wildman–Crippen LogP) is 7.30. The highest BCUT2D eigenvalue weighted by molar-refractivity contribution is 6.14. The van der Waals surface area contributed by atoms with E-state index in [0.717, 1.165) is 54.2 Å². The lowest BCUT2D eigenvalue weighted by molar-refractivity contribution is 0.471. The van der Waals surface area contributed by atoms with Crippen molar-refractivity contribution in [3.05, 3.63) is 108 Å². The van der Waals surface area contributed by atoms with Crippen LogP contribution in [0, 0.1) is 0 Å². The van der Waals surface area contributed by atoms with Gasteiger partial charge in [-0.25, -0.2) is 0 Å². The second-order valence-electron chi connectivity index (χ2n) is 8.01. The molecule has 0 atom stereocenters. The molecule has 2 nitrogen and oxygen atoms in total. The summed E-state index contributed by atoms with van der Waals surface area (Å²) < 4.78 is 0. The Hall–Kier alpha value is -4.04. The topological polar surface area (TPSA) is 40.5 Å². The zero-order valence-corrected chi connectivity index (χ0v) is 16.8. The van der Waals surface area contributed by atoms with E-state index in [4.69, 9.17) is 0 Å². The van der Waals surface area contributed by atoms with Gasteiger partial charge in [0.15, 0.2) is 0 Å². The molecule has 0 unspecified atom stereocenters. The largest absolute Gasteiger partial charge is 0.507 e. The number of hydrogen-bond acceptors (Lipinski definition) is 2. The van der Waals surface area contributed by atoms with Crippen LogP contribution in [0.1, 0.15) is 11.1 Å². The third kappa shape index (κ3) is 2.58. The molecule has 31 heavy (non-hydrogen) atoms. The van der Waals surface area contributed by atoms with Gasteiger partial charge >= 0.3 is 0 Å². The van der Waals surface area contributed by atoms with E-state index in [0.29, 0.717) is 6.42 Å². The Morgan fingerprint density at radius 2 is 0.613 bits per heavy atom. The molecule has 0 radical (unpaired) electrons. The van der Waals surface area contributed by atoms with Crippen molar-refractivity contribution in [1.29, 1.82) is 0 Å². The monoisotopic (exact) mass is 400 g/mol. The Labute approximate surface area is 179 Å². The molecule has 0 saturated carbocycles. The first-order valence-corrected chi connectivity index (χ1v) is 10.5. The Morgan fingerprint density at radius 1 is 0.355 bits per heavy atom. The molecule has 0 bridgehead atoms. The van der Waals surface area contributed by atoms with E-state index in [1.807, 2.05) is 72.8 Å². The van der Waals surface area contributed by atoms with Gasteiger partial charge in [-0.3, -0.25) is 0 Å². The average Bonchev–Trinajstić information content (AvgIpc) is 2.84. The molecule has 0 aliphatic heterocycles. The van der Waals surface area contributed by atoms with Crippen molar-refractivity contribution in [3.8, 4) is 11.5 Å². The fraction of sp³-hybridized carbons (Fsp3) is 0.0345. The first-order chi connectivity index (χ1) is 15.2. The number of fused-ring (bicyclic) bond motifs is 6. The highest BCUT2D eigenvalue weighted by atomic mass is 16.3. The summed E-state index contributed by atoms with van der Waals surface area (Å²) in [5.41, 5.74) is 1.68. The predicted molar refractivity (Wildman–Crippen MR) is 129 cm³/mol. The maximum atomic E-state index is 11.3. The zero-order valence-electron chi connectivity index (χ0n) is 16.8. The summed E-state index contributed by atoms with van der Waals surface area (Å²) in [6.07, 6.45) is 0.439. The average molecular weight is 400 g/mol. The fourth-order valence-corrected chi connectivity index (χ4v) is 4.93. The first kappa shape index (κ1) is 17.8. The van der Waals surface area contributed by atoms with Crippen molar-refractivity contribution in [1.82, 2.24) is 0 Å². The number of aromatic hydroxyl groups is 2. The van der Waals surface area contributed by atoms with Crippen LogP contribution in [-0.2, 0) is 6.42 Å². The second kappa shape index (κ2) is 6.75. The van der Waals surface area contributed by atoms with Crippen LogP contribution in [-0.4, -0.2) is 10.2 Å². The fourth-order valence-electron chi connectivity index (χ4n) is 4.93. The number of phenolic OH excluding ortho intramolecular Hbond substituents is 2. The molecule has 0 aliphatic rings. The molecule has 0 heterocycles. The van der Waals surface area contributed by atoms with Gasteiger partial charge in [0.1, 0.15) is 11.5 Å². The Kier molecular flexibility index (Phi) is 3.87. The number of phenols is 2. The molecular formula is C29H20O2. The molecule has 0 aliphatic carbocycles. The molecule has 0 fully saturated rings. The molecule has 6 aromatic rings. The van der Waals surface area contributed by atoms with E-state index in [-0.39, 0.29) is 11.5 Å². The Balaban J connectivity index is 1.71. The third-order valence-electron chi connectivity index (χ3n) is 6.37. The van der Waals surface area contributed by atoms with Crippen LogP contribution in [0.4, 0.5) is 0 Å². The van der Waals surface area contributed by atoms with Crippen LogP contribution in [0.15, 0.2) is 97.1 Å². The normalized spacial score (nSPS) is 11.6. The van der Waals surface area contributed by atoms with E-state index in [2.05, 4.69) is 24.3 Å². The van der Waals surface area contributed by atoms with Crippen LogP contribution >= 0.6 is 0 Å². The van der Waals surface area contributed by atoms with Crippen molar-refractivity contribution < 1.29 is 10.2 Å². The molecule has 2 N–H and O–H groups in total. The van der Waals surface area contributed by atoms with Crippen molar-refractivity contribution in [3.63, 3.8) is 0 Å². The molecule has 148 valence electrons. The van der Waals surface area contributed by atoms with Crippen LogP contribution in [0.2, 0.25) is 0 Å². The van der Waals surface area contributed by atoms with Crippen molar-refractivity contribution >= 4 is 43.1 Å². The van der Waals surface area contributed by atoms with E-state index in [1.54, 1.807) is 0 Å². The van der Waals surface area contributed by atoms with Gasteiger partial charge in [-0.05, 0) is 32.3 Å². The van der Waals surface area contributed by atoms with Gasteiger partial charge in [-0.15, -0.1) is 0 Å². The Morgan fingerprint density at radius 3 is 0.968 bits per heavy atom. The van der Waals surface area contributed by atoms with Crippen LogP contribution in [0.5, 0.6) is 11.5 Å². The summed E-state index contributed by atoms with van der Waals surface area (Å²) in [5.74, 6) is 0.567. The summed E-state index contributed by atoms with van der Waals surface area (Å²) in [7, 11) is 0. The van der Waals surface area contributed by atoms with Gasteiger partial charge < -0.3 is 10.2 Å². The van der Waals surface area contributed by atoms with Gasteiger partial charge in [0.2, 0.25) is 0 Å².